The fraction of sp³-hybridized carbons (Fsp3) is 0.500. The van der Waals surface area contributed by atoms with Crippen LogP contribution in [0, 0.1) is 6.92 Å². The van der Waals surface area contributed by atoms with Crippen LogP contribution in [0.1, 0.15) is 24.2 Å². The Morgan fingerprint density at radius 3 is 3.28 bits per heavy atom. The summed E-state index contributed by atoms with van der Waals surface area (Å²) in [5.74, 6) is 2.57. The van der Waals surface area contributed by atoms with Crippen LogP contribution >= 0.6 is 11.8 Å². The van der Waals surface area contributed by atoms with Gasteiger partial charge in [-0.05, 0) is 37.7 Å². The largest absolute Gasteiger partial charge is 0.308 e. The van der Waals surface area contributed by atoms with Crippen molar-refractivity contribution >= 4 is 17.4 Å². The maximum Gasteiger partial charge on any atom is 0.137 e. The van der Waals surface area contributed by atoms with E-state index in [4.69, 9.17) is 0 Å². The molecule has 0 bridgehead atoms. The first-order chi connectivity index (χ1) is 8.84. The van der Waals surface area contributed by atoms with Crippen LogP contribution in [-0.4, -0.2) is 26.9 Å². The SMILES string of the molecule is Cc1nc2ccccn2c1CNC1CCCSC1. The Hall–Kier alpha value is -1.00. The normalized spacial score (nSPS) is 20.4. The molecule has 0 spiro atoms. The van der Waals surface area contributed by atoms with E-state index in [1.54, 1.807) is 0 Å². The van der Waals surface area contributed by atoms with Gasteiger partial charge in [0.1, 0.15) is 5.65 Å². The second kappa shape index (κ2) is 5.33. The Labute approximate surface area is 112 Å². The molecule has 1 aliphatic heterocycles. The molecule has 2 aromatic heterocycles. The number of imidazole rings is 1. The molecule has 1 atom stereocenters. The number of hydrogen-bond donors (Lipinski definition) is 1. The van der Waals surface area contributed by atoms with Gasteiger partial charge in [-0.15, -0.1) is 0 Å². The molecule has 0 amide bonds. The molecular formula is C14H19N3S. The lowest BCUT2D eigenvalue weighted by molar-refractivity contribution is 0.502. The number of aromatic nitrogens is 2. The maximum atomic E-state index is 4.59. The minimum absolute atomic E-state index is 0.664. The first-order valence-electron chi connectivity index (χ1n) is 6.58. The fourth-order valence-electron chi connectivity index (χ4n) is 2.52. The predicted octanol–water partition coefficient (Wildman–Crippen LogP) is 2.63. The van der Waals surface area contributed by atoms with Crippen molar-refractivity contribution in [2.75, 3.05) is 11.5 Å². The van der Waals surface area contributed by atoms with Gasteiger partial charge in [-0.3, -0.25) is 0 Å². The first kappa shape index (κ1) is 12.1. The predicted molar refractivity (Wildman–Crippen MR) is 77.1 cm³/mol. The van der Waals surface area contributed by atoms with Gasteiger partial charge in [0, 0.05) is 24.5 Å². The average Bonchev–Trinajstić information content (AvgIpc) is 2.73. The van der Waals surface area contributed by atoms with Gasteiger partial charge in [0.15, 0.2) is 0 Å². The number of hydrogen-bond acceptors (Lipinski definition) is 3. The summed E-state index contributed by atoms with van der Waals surface area (Å²) in [6, 6.07) is 6.83. The van der Waals surface area contributed by atoms with Gasteiger partial charge in [0.25, 0.3) is 0 Å². The third-order valence-corrected chi connectivity index (χ3v) is 4.76. The number of nitrogens with zero attached hydrogens (tertiary/aromatic N) is 2. The quantitative estimate of drug-likeness (QED) is 0.921. The monoisotopic (exact) mass is 261 g/mol. The van der Waals surface area contributed by atoms with Gasteiger partial charge < -0.3 is 9.72 Å². The van der Waals surface area contributed by atoms with Crippen molar-refractivity contribution in [3.8, 4) is 0 Å². The van der Waals surface area contributed by atoms with Crippen LogP contribution in [0.4, 0.5) is 0 Å². The van der Waals surface area contributed by atoms with Crippen molar-refractivity contribution < 1.29 is 0 Å². The van der Waals surface area contributed by atoms with E-state index >= 15 is 0 Å². The number of nitrogens with one attached hydrogen (secondary N) is 1. The van der Waals surface area contributed by atoms with Crippen molar-refractivity contribution in [3.05, 3.63) is 35.8 Å². The van der Waals surface area contributed by atoms with Crippen LogP contribution < -0.4 is 5.32 Å². The Balaban J connectivity index is 1.75. The number of pyridine rings is 1. The minimum Gasteiger partial charge on any atom is -0.308 e. The summed E-state index contributed by atoms with van der Waals surface area (Å²) in [5.41, 5.74) is 3.48. The highest BCUT2D eigenvalue weighted by Gasteiger charge is 2.14. The highest BCUT2D eigenvalue weighted by molar-refractivity contribution is 7.99. The van der Waals surface area contributed by atoms with Crippen molar-refractivity contribution in [1.82, 2.24) is 14.7 Å². The van der Waals surface area contributed by atoms with Crippen molar-refractivity contribution in [2.24, 2.45) is 0 Å². The highest BCUT2D eigenvalue weighted by atomic mass is 32.2. The molecule has 0 saturated carbocycles. The molecule has 18 heavy (non-hydrogen) atoms. The van der Waals surface area contributed by atoms with E-state index in [1.165, 1.54) is 30.0 Å². The Bertz CT molecular complexity index is 529. The first-order valence-corrected chi connectivity index (χ1v) is 7.74. The second-order valence-electron chi connectivity index (χ2n) is 4.87. The minimum atomic E-state index is 0.664. The van der Waals surface area contributed by atoms with E-state index in [0.717, 1.165) is 17.9 Å². The van der Waals surface area contributed by atoms with Gasteiger partial charge in [-0.2, -0.15) is 11.8 Å². The molecule has 0 aliphatic carbocycles. The molecule has 0 radical (unpaired) electrons. The third kappa shape index (κ3) is 2.40. The highest BCUT2D eigenvalue weighted by Crippen LogP contribution is 2.18. The second-order valence-corrected chi connectivity index (χ2v) is 6.02. The maximum absolute atomic E-state index is 4.59. The molecule has 3 nitrogen and oxygen atoms in total. The van der Waals surface area contributed by atoms with Crippen LogP contribution in [0.5, 0.6) is 0 Å². The molecule has 1 N–H and O–H groups in total. The summed E-state index contributed by atoms with van der Waals surface area (Å²) in [7, 11) is 0. The van der Waals surface area contributed by atoms with Gasteiger partial charge >= 0.3 is 0 Å². The average molecular weight is 261 g/mol. The van der Waals surface area contributed by atoms with Crippen LogP contribution in [0.25, 0.3) is 5.65 Å². The van der Waals surface area contributed by atoms with Crippen LogP contribution in [0.2, 0.25) is 0 Å². The standard InChI is InChI=1S/C14H19N3S/c1-11-13(9-15-12-5-4-8-18-10-12)17-7-3-2-6-14(17)16-11/h2-3,6-7,12,15H,4-5,8-10H2,1H3. The van der Waals surface area contributed by atoms with E-state index in [0.29, 0.717) is 6.04 Å². The van der Waals surface area contributed by atoms with Crippen LogP contribution in [0.3, 0.4) is 0 Å². The zero-order chi connectivity index (χ0) is 12.4. The van der Waals surface area contributed by atoms with Crippen LogP contribution in [0.15, 0.2) is 24.4 Å². The summed E-state index contributed by atoms with van der Waals surface area (Å²) in [6.45, 7) is 3.02. The topological polar surface area (TPSA) is 29.3 Å². The zero-order valence-corrected chi connectivity index (χ0v) is 11.5. The number of rotatable bonds is 3. The van der Waals surface area contributed by atoms with E-state index in [1.807, 2.05) is 6.07 Å². The lowest BCUT2D eigenvalue weighted by Crippen LogP contribution is -2.33. The van der Waals surface area contributed by atoms with Gasteiger partial charge in [-0.25, -0.2) is 4.98 Å². The lowest BCUT2D eigenvalue weighted by atomic mass is 10.2. The lowest BCUT2D eigenvalue weighted by Gasteiger charge is -2.22. The van der Waals surface area contributed by atoms with Crippen molar-refractivity contribution in [1.29, 1.82) is 0 Å². The summed E-state index contributed by atoms with van der Waals surface area (Å²) in [5, 5.41) is 3.68. The Morgan fingerprint density at radius 2 is 2.44 bits per heavy atom. The van der Waals surface area contributed by atoms with E-state index in [9.17, 15) is 0 Å². The van der Waals surface area contributed by atoms with Gasteiger partial charge in [0.2, 0.25) is 0 Å². The number of aryl methyl sites for hydroxylation is 1. The van der Waals surface area contributed by atoms with Crippen LogP contribution in [-0.2, 0) is 6.54 Å². The molecule has 0 aromatic carbocycles. The molecule has 1 saturated heterocycles. The Kier molecular flexibility index (Phi) is 3.57. The summed E-state index contributed by atoms with van der Waals surface area (Å²) < 4.78 is 2.19. The molecule has 1 aliphatic rings. The summed E-state index contributed by atoms with van der Waals surface area (Å²) >= 11 is 2.06. The zero-order valence-electron chi connectivity index (χ0n) is 10.7. The fourth-order valence-corrected chi connectivity index (χ4v) is 3.63. The third-order valence-electron chi connectivity index (χ3n) is 3.55. The molecule has 1 unspecified atom stereocenters. The van der Waals surface area contributed by atoms with E-state index in [-0.39, 0.29) is 0 Å². The molecule has 1 fully saturated rings. The van der Waals surface area contributed by atoms with E-state index in [2.05, 4.69) is 51.7 Å². The molecule has 4 heteroatoms. The molecule has 3 rings (SSSR count). The van der Waals surface area contributed by atoms with E-state index < -0.39 is 0 Å². The molecule has 3 heterocycles. The smallest absolute Gasteiger partial charge is 0.137 e. The van der Waals surface area contributed by atoms with Crippen molar-refractivity contribution in [3.63, 3.8) is 0 Å². The van der Waals surface area contributed by atoms with Gasteiger partial charge in [-0.1, -0.05) is 6.07 Å². The molecular weight excluding hydrogens is 242 g/mol. The van der Waals surface area contributed by atoms with Crippen molar-refractivity contribution in [2.45, 2.75) is 32.4 Å². The summed E-state index contributed by atoms with van der Waals surface area (Å²) in [4.78, 5) is 4.59. The number of thioether (sulfide) groups is 1. The molecule has 96 valence electrons. The summed E-state index contributed by atoms with van der Waals surface area (Å²) in [6.07, 6.45) is 4.75. The molecule has 2 aromatic rings. The Morgan fingerprint density at radius 1 is 1.50 bits per heavy atom. The number of fused-ring (bicyclic) bond motifs is 1. The van der Waals surface area contributed by atoms with Gasteiger partial charge in [0.05, 0.1) is 11.4 Å².